The van der Waals surface area contributed by atoms with Crippen LogP contribution in [0, 0.1) is 0 Å². The van der Waals surface area contributed by atoms with E-state index in [1.807, 2.05) is 12.3 Å². The number of rotatable bonds is 6. The smallest absolute Gasteiger partial charge is 0.165 e. The third-order valence-corrected chi connectivity index (χ3v) is 14.3. The molecular formula is C59H36N4S. The van der Waals surface area contributed by atoms with Crippen LogP contribution in [0.2, 0.25) is 0 Å². The number of nitrogens with zero attached hydrogens (tertiary/aromatic N) is 4. The Hall–Kier alpha value is -8.12. The molecule has 0 atom stereocenters. The van der Waals surface area contributed by atoms with E-state index in [9.17, 15) is 0 Å². The standard InChI is InChI=1S/C59H36N4S/c1-3-16-42(17-4-1)59(43-18-5-2-6-19-43)51-25-9-7-20-44(51)45-32-31-41(35-52(45)59)56-61-57(63-58(62-56)49-24-12-22-47-46-21-8-10-26-54(46)64-55(47)49)48-23-11-14-37-27-29-39(34-50(37)48)40-30-28-38-15-13-33-60-53(38)36-40/h1-36H. The predicted octanol–water partition coefficient (Wildman–Crippen LogP) is 15.0. The first-order valence-electron chi connectivity index (χ1n) is 21.6. The molecule has 64 heavy (non-hydrogen) atoms. The van der Waals surface area contributed by atoms with Gasteiger partial charge in [0, 0.05) is 48.4 Å². The van der Waals surface area contributed by atoms with Crippen LogP contribution in [-0.2, 0) is 5.41 Å². The van der Waals surface area contributed by atoms with Crippen molar-refractivity contribution in [3.05, 3.63) is 241 Å². The Bertz CT molecular complexity index is 3760. The van der Waals surface area contributed by atoms with Gasteiger partial charge in [0.05, 0.1) is 10.9 Å². The molecule has 5 heteroatoms. The first kappa shape index (κ1) is 36.5. The van der Waals surface area contributed by atoms with Gasteiger partial charge in [0.1, 0.15) is 0 Å². The average molecular weight is 833 g/mol. The molecule has 0 aliphatic heterocycles. The van der Waals surface area contributed by atoms with Crippen molar-refractivity contribution in [2.24, 2.45) is 0 Å². The third kappa shape index (κ3) is 5.61. The lowest BCUT2D eigenvalue weighted by Gasteiger charge is -2.34. The number of fused-ring (bicyclic) bond motifs is 8. The van der Waals surface area contributed by atoms with Crippen molar-refractivity contribution in [2.75, 3.05) is 0 Å². The average Bonchev–Trinajstić information content (AvgIpc) is 3.90. The van der Waals surface area contributed by atoms with Gasteiger partial charge in [-0.05, 0) is 91.7 Å². The summed E-state index contributed by atoms with van der Waals surface area (Å²) in [5, 5.41) is 5.74. The van der Waals surface area contributed by atoms with Gasteiger partial charge in [-0.2, -0.15) is 0 Å². The molecule has 3 heterocycles. The topological polar surface area (TPSA) is 51.6 Å². The summed E-state index contributed by atoms with van der Waals surface area (Å²) in [4.78, 5) is 21.0. The van der Waals surface area contributed by atoms with E-state index in [-0.39, 0.29) is 0 Å². The molecule has 0 N–H and O–H groups in total. The van der Waals surface area contributed by atoms with Crippen molar-refractivity contribution in [3.63, 3.8) is 0 Å². The van der Waals surface area contributed by atoms with Crippen LogP contribution in [0.1, 0.15) is 22.3 Å². The SMILES string of the molecule is c1ccc(C2(c3ccccc3)c3ccccc3-c3ccc(-c4nc(-c5cccc6ccc(-c7ccc8cccnc8c7)cc56)nc(-c5cccc6c5sc5ccccc56)n4)cc32)cc1. The Kier molecular flexibility index (Phi) is 8.27. The van der Waals surface area contributed by atoms with Crippen LogP contribution in [0.5, 0.6) is 0 Å². The minimum absolute atomic E-state index is 0.559. The summed E-state index contributed by atoms with van der Waals surface area (Å²) in [6, 6.07) is 76.3. The monoisotopic (exact) mass is 832 g/mol. The van der Waals surface area contributed by atoms with E-state index in [0.29, 0.717) is 17.5 Å². The molecule has 0 radical (unpaired) electrons. The first-order valence-corrected chi connectivity index (χ1v) is 22.4. The fraction of sp³-hybridized carbons (Fsp3) is 0.0169. The number of pyridine rings is 1. The molecule has 13 rings (SSSR count). The molecule has 0 saturated carbocycles. The molecular weight excluding hydrogens is 797 g/mol. The van der Waals surface area contributed by atoms with Gasteiger partial charge in [-0.25, -0.2) is 15.0 Å². The number of hydrogen-bond donors (Lipinski definition) is 0. The van der Waals surface area contributed by atoms with Crippen molar-refractivity contribution < 1.29 is 0 Å². The zero-order valence-corrected chi connectivity index (χ0v) is 35.3. The first-order chi connectivity index (χ1) is 31.7. The van der Waals surface area contributed by atoms with E-state index in [4.69, 9.17) is 15.0 Å². The number of hydrogen-bond acceptors (Lipinski definition) is 5. The quantitative estimate of drug-likeness (QED) is 0.167. The lowest BCUT2D eigenvalue weighted by atomic mass is 9.67. The van der Waals surface area contributed by atoms with Crippen LogP contribution in [0.3, 0.4) is 0 Å². The molecule has 3 aromatic heterocycles. The maximum atomic E-state index is 5.45. The molecule has 0 unspecified atom stereocenters. The molecule has 0 fully saturated rings. The van der Waals surface area contributed by atoms with Crippen molar-refractivity contribution in [1.82, 2.24) is 19.9 Å². The fourth-order valence-corrected chi connectivity index (χ4v) is 11.4. The second-order valence-electron chi connectivity index (χ2n) is 16.5. The summed E-state index contributed by atoms with van der Waals surface area (Å²) in [5.74, 6) is 1.90. The highest BCUT2D eigenvalue weighted by Gasteiger charge is 2.46. The third-order valence-electron chi connectivity index (χ3n) is 13.1. The molecule has 1 aliphatic rings. The van der Waals surface area contributed by atoms with E-state index in [1.165, 1.54) is 48.9 Å². The maximum absolute atomic E-state index is 5.45. The second kappa shape index (κ2) is 14.5. The molecule has 0 amide bonds. The van der Waals surface area contributed by atoms with Gasteiger partial charge in [-0.15, -0.1) is 11.3 Å². The summed E-state index contributed by atoms with van der Waals surface area (Å²) in [7, 11) is 0. The molecule has 4 nitrogen and oxygen atoms in total. The Morgan fingerprint density at radius 1 is 0.359 bits per heavy atom. The summed E-state index contributed by atoms with van der Waals surface area (Å²) >= 11 is 1.79. The van der Waals surface area contributed by atoms with Gasteiger partial charge in [0.2, 0.25) is 0 Å². The highest BCUT2D eigenvalue weighted by atomic mass is 32.1. The van der Waals surface area contributed by atoms with Gasteiger partial charge >= 0.3 is 0 Å². The van der Waals surface area contributed by atoms with E-state index >= 15 is 0 Å². The molecule has 1 aliphatic carbocycles. The number of benzene rings is 9. The minimum Gasteiger partial charge on any atom is -0.256 e. The van der Waals surface area contributed by atoms with Crippen molar-refractivity contribution in [3.8, 4) is 56.4 Å². The summed E-state index contributed by atoms with van der Waals surface area (Å²) in [6.45, 7) is 0. The fourth-order valence-electron chi connectivity index (χ4n) is 10.1. The van der Waals surface area contributed by atoms with Gasteiger partial charge in [0.15, 0.2) is 17.5 Å². The molecule has 9 aromatic carbocycles. The minimum atomic E-state index is -0.559. The number of thiophene rings is 1. The largest absolute Gasteiger partial charge is 0.256 e. The lowest BCUT2D eigenvalue weighted by molar-refractivity contribution is 0.768. The molecule has 0 spiro atoms. The summed E-state index contributed by atoms with van der Waals surface area (Å²) in [5.41, 5.74) is 12.8. The van der Waals surface area contributed by atoms with Crippen molar-refractivity contribution >= 4 is 53.2 Å². The van der Waals surface area contributed by atoms with Crippen LogP contribution >= 0.6 is 11.3 Å². The van der Waals surface area contributed by atoms with E-state index in [0.717, 1.165) is 54.2 Å². The van der Waals surface area contributed by atoms with Gasteiger partial charge < -0.3 is 0 Å². The van der Waals surface area contributed by atoms with Gasteiger partial charge in [-0.1, -0.05) is 176 Å². The van der Waals surface area contributed by atoms with E-state index < -0.39 is 5.41 Å². The predicted molar refractivity (Wildman–Crippen MR) is 265 cm³/mol. The van der Waals surface area contributed by atoms with Crippen LogP contribution in [-0.4, -0.2) is 19.9 Å². The Morgan fingerprint density at radius 3 is 1.81 bits per heavy atom. The summed E-state index contributed by atoms with van der Waals surface area (Å²) in [6.07, 6.45) is 1.85. The zero-order valence-electron chi connectivity index (χ0n) is 34.5. The van der Waals surface area contributed by atoms with Crippen LogP contribution < -0.4 is 0 Å². The molecule has 0 saturated heterocycles. The highest BCUT2D eigenvalue weighted by molar-refractivity contribution is 7.26. The van der Waals surface area contributed by atoms with Crippen LogP contribution in [0.4, 0.5) is 0 Å². The molecule has 12 aromatic rings. The van der Waals surface area contributed by atoms with Gasteiger partial charge in [-0.3, -0.25) is 4.98 Å². The van der Waals surface area contributed by atoms with Crippen molar-refractivity contribution in [2.45, 2.75) is 5.41 Å². The summed E-state index contributed by atoms with van der Waals surface area (Å²) < 4.78 is 2.40. The van der Waals surface area contributed by atoms with Crippen LogP contribution in [0.25, 0.3) is 98.3 Å². The Labute approximate surface area is 373 Å². The zero-order chi connectivity index (χ0) is 42.2. The maximum Gasteiger partial charge on any atom is 0.165 e. The number of aromatic nitrogens is 4. The van der Waals surface area contributed by atoms with E-state index in [2.05, 4.69) is 211 Å². The second-order valence-corrected chi connectivity index (χ2v) is 17.6. The molecule has 298 valence electrons. The van der Waals surface area contributed by atoms with E-state index in [1.54, 1.807) is 11.3 Å². The Morgan fingerprint density at radius 2 is 0.969 bits per heavy atom. The lowest BCUT2D eigenvalue weighted by Crippen LogP contribution is -2.28. The highest BCUT2D eigenvalue weighted by Crippen LogP contribution is 2.56. The van der Waals surface area contributed by atoms with Crippen molar-refractivity contribution in [1.29, 1.82) is 0 Å². The van der Waals surface area contributed by atoms with Crippen LogP contribution in [0.15, 0.2) is 219 Å². The van der Waals surface area contributed by atoms with Gasteiger partial charge in [0.25, 0.3) is 0 Å². The normalized spacial score (nSPS) is 12.8. The molecule has 0 bridgehead atoms. The Balaban J connectivity index is 1.06.